The highest BCUT2D eigenvalue weighted by atomic mass is 16.5. The quantitative estimate of drug-likeness (QED) is 0.364. The van der Waals surface area contributed by atoms with Gasteiger partial charge in [-0.3, -0.25) is 4.79 Å². The van der Waals surface area contributed by atoms with Gasteiger partial charge >= 0.3 is 6.03 Å². The molecule has 0 aliphatic carbocycles. The molecule has 0 radical (unpaired) electrons. The van der Waals surface area contributed by atoms with Crippen molar-refractivity contribution in [1.82, 2.24) is 20.4 Å². The molecule has 0 saturated carbocycles. The van der Waals surface area contributed by atoms with E-state index in [0.29, 0.717) is 42.4 Å². The van der Waals surface area contributed by atoms with Gasteiger partial charge in [-0.1, -0.05) is 35.5 Å². The van der Waals surface area contributed by atoms with E-state index in [4.69, 9.17) is 9.26 Å². The van der Waals surface area contributed by atoms with Gasteiger partial charge in [-0.2, -0.15) is 4.98 Å². The third-order valence-electron chi connectivity index (χ3n) is 5.49. The number of nitrogens with zero attached hydrogens (tertiary/aromatic N) is 3. The number of nitrogens with one attached hydrogen (secondary N) is 2. The fourth-order valence-corrected chi connectivity index (χ4v) is 3.41. The van der Waals surface area contributed by atoms with E-state index in [0.717, 1.165) is 17.0 Å². The van der Waals surface area contributed by atoms with Gasteiger partial charge in [0.15, 0.2) is 5.82 Å². The SMILES string of the molecule is COc1cccc(CNC(=O)c2ccc(-c3nc(CCN(C)C(=O)Nc4ccccc4)no3)cc2)c1. The Hall–Kier alpha value is -4.66. The zero-order valence-corrected chi connectivity index (χ0v) is 20.1. The van der Waals surface area contributed by atoms with E-state index in [1.807, 2.05) is 54.6 Å². The normalized spacial score (nSPS) is 10.5. The zero-order chi connectivity index (χ0) is 25.3. The first-order chi connectivity index (χ1) is 17.5. The number of ether oxygens (including phenoxy) is 1. The maximum absolute atomic E-state index is 12.5. The number of benzene rings is 3. The third-order valence-corrected chi connectivity index (χ3v) is 5.49. The molecule has 3 aromatic carbocycles. The van der Waals surface area contributed by atoms with Crippen molar-refractivity contribution in [3.63, 3.8) is 0 Å². The predicted octanol–water partition coefficient (Wildman–Crippen LogP) is 4.38. The van der Waals surface area contributed by atoms with Crippen molar-refractivity contribution in [2.75, 3.05) is 26.0 Å². The molecule has 0 aliphatic heterocycles. The molecule has 36 heavy (non-hydrogen) atoms. The molecule has 0 atom stereocenters. The van der Waals surface area contributed by atoms with Gasteiger partial charge in [-0.25, -0.2) is 4.79 Å². The van der Waals surface area contributed by atoms with Crippen LogP contribution in [0.3, 0.4) is 0 Å². The average Bonchev–Trinajstić information content (AvgIpc) is 3.40. The highest BCUT2D eigenvalue weighted by molar-refractivity contribution is 5.94. The maximum atomic E-state index is 12.5. The molecule has 184 valence electrons. The number of urea groups is 1. The molecule has 3 amide bonds. The summed E-state index contributed by atoms with van der Waals surface area (Å²) in [6, 6.07) is 23.5. The van der Waals surface area contributed by atoms with Crippen LogP contribution in [0.1, 0.15) is 21.7 Å². The fourth-order valence-electron chi connectivity index (χ4n) is 3.41. The molecule has 0 aliphatic rings. The minimum atomic E-state index is -0.217. The Bertz CT molecular complexity index is 1310. The second-order valence-electron chi connectivity index (χ2n) is 8.10. The van der Waals surface area contributed by atoms with E-state index in [1.165, 1.54) is 0 Å². The largest absolute Gasteiger partial charge is 0.497 e. The lowest BCUT2D eigenvalue weighted by molar-refractivity contribution is 0.0951. The molecular weight excluding hydrogens is 458 g/mol. The molecule has 4 aromatic rings. The van der Waals surface area contributed by atoms with Gasteiger partial charge in [0.25, 0.3) is 11.8 Å². The predicted molar refractivity (Wildman–Crippen MR) is 136 cm³/mol. The second kappa shape index (κ2) is 11.7. The molecule has 9 heteroatoms. The number of anilines is 1. The molecule has 1 aromatic heterocycles. The summed E-state index contributed by atoms with van der Waals surface area (Å²) >= 11 is 0. The van der Waals surface area contributed by atoms with Crippen LogP contribution in [-0.2, 0) is 13.0 Å². The van der Waals surface area contributed by atoms with Crippen LogP contribution in [-0.4, -0.2) is 47.7 Å². The van der Waals surface area contributed by atoms with E-state index in [2.05, 4.69) is 20.8 Å². The number of hydrogen-bond donors (Lipinski definition) is 2. The molecule has 1 heterocycles. The summed E-state index contributed by atoms with van der Waals surface area (Å²) in [5.41, 5.74) is 2.90. The Morgan fingerprint density at radius 2 is 1.78 bits per heavy atom. The van der Waals surface area contributed by atoms with Crippen molar-refractivity contribution in [1.29, 1.82) is 0 Å². The van der Waals surface area contributed by atoms with Crippen LogP contribution in [0.25, 0.3) is 11.5 Å². The Labute approximate surface area is 209 Å². The number of para-hydroxylation sites is 1. The van der Waals surface area contributed by atoms with E-state index < -0.39 is 0 Å². The number of aromatic nitrogens is 2. The summed E-state index contributed by atoms with van der Waals surface area (Å²) in [6.45, 7) is 0.812. The lowest BCUT2D eigenvalue weighted by Gasteiger charge is -2.16. The number of rotatable bonds is 9. The average molecular weight is 486 g/mol. The lowest BCUT2D eigenvalue weighted by Crippen LogP contribution is -2.33. The van der Waals surface area contributed by atoms with Crippen LogP contribution in [0.5, 0.6) is 5.75 Å². The van der Waals surface area contributed by atoms with Crippen LogP contribution in [0, 0.1) is 0 Å². The van der Waals surface area contributed by atoms with Crippen LogP contribution in [0.15, 0.2) is 83.4 Å². The number of methoxy groups -OCH3 is 1. The molecule has 0 fully saturated rings. The highest BCUT2D eigenvalue weighted by Gasteiger charge is 2.14. The smallest absolute Gasteiger partial charge is 0.321 e. The minimum absolute atomic E-state index is 0.188. The van der Waals surface area contributed by atoms with Crippen molar-refractivity contribution >= 4 is 17.6 Å². The second-order valence-corrected chi connectivity index (χ2v) is 8.10. The van der Waals surface area contributed by atoms with Crippen LogP contribution < -0.4 is 15.4 Å². The zero-order valence-electron chi connectivity index (χ0n) is 20.1. The van der Waals surface area contributed by atoms with Crippen molar-refractivity contribution in [2.24, 2.45) is 0 Å². The van der Waals surface area contributed by atoms with E-state index in [-0.39, 0.29) is 11.9 Å². The molecule has 2 N–H and O–H groups in total. The van der Waals surface area contributed by atoms with Gasteiger partial charge in [0, 0.05) is 43.4 Å². The van der Waals surface area contributed by atoms with Gasteiger partial charge in [-0.05, 0) is 54.1 Å². The Morgan fingerprint density at radius 1 is 1.00 bits per heavy atom. The van der Waals surface area contributed by atoms with Gasteiger partial charge in [0.2, 0.25) is 0 Å². The summed E-state index contributed by atoms with van der Waals surface area (Å²) in [4.78, 5) is 30.8. The van der Waals surface area contributed by atoms with Crippen molar-refractivity contribution < 1.29 is 18.8 Å². The number of likely N-dealkylation sites (N-methyl/N-ethyl adjacent to an activating group) is 1. The van der Waals surface area contributed by atoms with Crippen molar-refractivity contribution in [2.45, 2.75) is 13.0 Å². The highest BCUT2D eigenvalue weighted by Crippen LogP contribution is 2.18. The monoisotopic (exact) mass is 485 g/mol. The van der Waals surface area contributed by atoms with Crippen LogP contribution >= 0.6 is 0 Å². The Balaban J connectivity index is 1.28. The summed E-state index contributed by atoms with van der Waals surface area (Å²) < 4.78 is 10.6. The van der Waals surface area contributed by atoms with Gasteiger partial charge in [0.1, 0.15) is 5.75 Å². The third kappa shape index (κ3) is 6.47. The summed E-state index contributed by atoms with van der Waals surface area (Å²) in [5, 5.41) is 9.74. The van der Waals surface area contributed by atoms with Crippen molar-refractivity contribution in [3.05, 3.63) is 95.8 Å². The van der Waals surface area contributed by atoms with E-state index >= 15 is 0 Å². The Kier molecular flexibility index (Phi) is 7.92. The molecule has 0 unspecified atom stereocenters. The first-order valence-corrected chi connectivity index (χ1v) is 11.4. The number of carbonyl (C=O) groups is 2. The molecule has 0 saturated heterocycles. The molecule has 0 bridgehead atoms. The van der Waals surface area contributed by atoms with Gasteiger partial charge in [-0.15, -0.1) is 0 Å². The minimum Gasteiger partial charge on any atom is -0.497 e. The topological polar surface area (TPSA) is 110 Å². The van der Waals surface area contributed by atoms with Crippen LogP contribution in [0.4, 0.5) is 10.5 Å². The molecule has 4 rings (SSSR count). The summed E-state index contributed by atoms with van der Waals surface area (Å²) in [6.07, 6.45) is 0.437. The van der Waals surface area contributed by atoms with Gasteiger partial charge in [0.05, 0.1) is 7.11 Å². The van der Waals surface area contributed by atoms with E-state index in [9.17, 15) is 9.59 Å². The summed E-state index contributed by atoms with van der Waals surface area (Å²) in [7, 11) is 3.31. The van der Waals surface area contributed by atoms with Gasteiger partial charge < -0.3 is 24.8 Å². The standard InChI is InChI=1S/C27H27N5O4/c1-32(27(34)29-22-8-4-3-5-9-22)16-15-24-30-26(36-31-24)21-13-11-20(12-14-21)25(33)28-18-19-7-6-10-23(17-19)35-2/h3-14,17H,15-16,18H2,1-2H3,(H,28,33)(H,29,34). The first-order valence-electron chi connectivity index (χ1n) is 11.4. The lowest BCUT2D eigenvalue weighted by atomic mass is 10.1. The molecule has 0 spiro atoms. The summed E-state index contributed by atoms with van der Waals surface area (Å²) in [5.74, 6) is 1.40. The maximum Gasteiger partial charge on any atom is 0.321 e. The molecular formula is C27H27N5O4. The fraction of sp³-hybridized carbons (Fsp3) is 0.185. The molecule has 9 nitrogen and oxygen atoms in total. The number of hydrogen-bond acceptors (Lipinski definition) is 6. The van der Waals surface area contributed by atoms with Crippen molar-refractivity contribution in [3.8, 4) is 17.2 Å². The number of amides is 3. The number of carbonyl (C=O) groups excluding carboxylic acids is 2. The first kappa shape index (κ1) is 24.5. The van der Waals surface area contributed by atoms with E-state index in [1.54, 1.807) is 43.3 Å². The Morgan fingerprint density at radius 3 is 2.53 bits per heavy atom. The van der Waals surface area contributed by atoms with Crippen LogP contribution in [0.2, 0.25) is 0 Å².